The predicted octanol–water partition coefficient (Wildman–Crippen LogP) is 4.13. The summed E-state index contributed by atoms with van der Waals surface area (Å²) >= 11 is 0. The number of para-hydroxylation sites is 2. The average Bonchev–Trinajstić information content (AvgIpc) is 3.58. The largest absolute Gasteiger partial charge is 0.494 e. The highest BCUT2D eigenvalue weighted by Crippen LogP contribution is 2.36. The van der Waals surface area contributed by atoms with E-state index in [4.69, 9.17) is 9.47 Å². The Labute approximate surface area is 218 Å². The normalized spacial score (nSPS) is 10.7. The van der Waals surface area contributed by atoms with Crippen LogP contribution in [0.3, 0.4) is 0 Å². The number of aromatic nitrogens is 7. The van der Waals surface area contributed by atoms with Gasteiger partial charge in [-0.2, -0.15) is 15.2 Å². The summed E-state index contributed by atoms with van der Waals surface area (Å²) < 4.78 is 14.3. The summed E-state index contributed by atoms with van der Waals surface area (Å²) in [7, 11) is 3.34. The zero-order chi connectivity index (χ0) is 26.5. The second kappa shape index (κ2) is 10.8. The molecule has 0 saturated heterocycles. The van der Waals surface area contributed by atoms with Gasteiger partial charge in [0.25, 0.3) is 0 Å². The van der Waals surface area contributed by atoms with Crippen LogP contribution in [0.15, 0.2) is 73.4 Å². The first-order valence-electron chi connectivity index (χ1n) is 11.8. The van der Waals surface area contributed by atoms with Crippen LogP contribution in [0.1, 0.15) is 17.3 Å². The van der Waals surface area contributed by atoms with E-state index in [0.29, 0.717) is 28.5 Å². The van der Waals surface area contributed by atoms with E-state index in [1.165, 1.54) is 6.20 Å². The van der Waals surface area contributed by atoms with Crippen LogP contribution in [-0.2, 0) is 11.8 Å². The summed E-state index contributed by atoms with van der Waals surface area (Å²) in [5.74, 6) is 0.931. The van der Waals surface area contributed by atoms with Gasteiger partial charge in [-0.05, 0) is 31.2 Å². The van der Waals surface area contributed by atoms with Gasteiger partial charge in [0.15, 0.2) is 17.4 Å². The number of hydrogen-bond acceptors (Lipinski definition) is 10. The van der Waals surface area contributed by atoms with Crippen molar-refractivity contribution < 1.29 is 14.3 Å². The van der Waals surface area contributed by atoms with E-state index in [9.17, 15) is 4.79 Å². The molecule has 0 spiro atoms. The van der Waals surface area contributed by atoms with Crippen molar-refractivity contribution in [3.05, 3.63) is 79.0 Å². The topological polar surface area (TPSA) is 134 Å². The molecule has 0 atom stereocenters. The minimum absolute atomic E-state index is 0.167. The molecule has 0 aliphatic rings. The molecule has 0 amide bonds. The highest BCUT2D eigenvalue weighted by Gasteiger charge is 2.20. The third kappa shape index (κ3) is 5.14. The van der Waals surface area contributed by atoms with Crippen molar-refractivity contribution in [2.45, 2.75) is 6.92 Å². The van der Waals surface area contributed by atoms with Gasteiger partial charge in [0.1, 0.15) is 11.9 Å². The molecule has 3 aromatic heterocycles. The van der Waals surface area contributed by atoms with E-state index in [-0.39, 0.29) is 23.9 Å². The van der Waals surface area contributed by atoms with E-state index in [0.717, 1.165) is 5.69 Å². The van der Waals surface area contributed by atoms with Gasteiger partial charge in [-0.3, -0.25) is 4.68 Å². The fourth-order valence-corrected chi connectivity index (χ4v) is 3.76. The van der Waals surface area contributed by atoms with Crippen molar-refractivity contribution in [2.75, 3.05) is 24.4 Å². The first-order chi connectivity index (χ1) is 18.6. The van der Waals surface area contributed by atoms with E-state index in [1.54, 1.807) is 49.0 Å². The summed E-state index contributed by atoms with van der Waals surface area (Å²) in [5.41, 5.74) is 2.99. The molecule has 12 heteroatoms. The number of carbonyl (C=O) groups excluding carboxylic acids is 1. The molecule has 0 saturated carbocycles. The van der Waals surface area contributed by atoms with Gasteiger partial charge in [0.2, 0.25) is 5.95 Å². The number of rotatable bonds is 9. The number of aryl methyl sites for hydroxylation is 1. The molecule has 0 aliphatic carbocycles. The molecular weight excluding hydrogens is 486 g/mol. The number of hydrogen-bond donors (Lipinski definition) is 2. The first kappa shape index (κ1) is 24.4. The van der Waals surface area contributed by atoms with Crippen molar-refractivity contribution in [2.24, 2.45) is 7.05 Å². The molecule has 38 heavy (non-hydrogen) atoms. The van der Waals surface area contributed by atoms with Gasteiger partial charge in [-0.15, -0.1) is 0 Å². The molecule has 0 fully saturated rings. The third-order valence-electron chi connectivity index (χ3n) is 5.46. The fourth-order valence-electron chi connectivity index (χ4n) is 3.76. The summed E-state index contributed by atoms with van der Waals surface area (Å²) in [6.07, 6.45) is 6.50. The second-order valence-corrected chi connectivity index (χ2v) is 8.06. The van der Waals surface area contributed by atoms with E-state index in [2.05, 4.69) is 35.8 Å². The summed E-state index contributed by atoms with van der Waals surface area (Å²) in [6.45, 7) is 1.94. The maximum Gasteiger partial charge on any atom is 0.343 e. The van der Waals surface area contributed by atoms with Crippen LogP contribution < -0.4 is 15.4 Å². The van der Waals surface area contributed by atoms with Gasteiger partial charge in [0, 0.05) is 13.2 Å². The third-order valence-corrected chi connectivity index (χ3v) is 5.46. The number of methoxy groups -OCH3 is 1. The minimum atomic E-state index is -0.556. The summed E-state index contributed by atoms with van der Waals surface area (Å²) in [5, 5.41) is 15.1. The highest BCUT2D eigenvalue weighted by molar-refractivity contribution is 5.96. The molecule has 2 aromatic carbocycles. The Bertz CT molecular complexity index is 1560. The van der Waals surface area contributed by atoms with E-state index >= 15 is 0 Å². The summed E-state index contributed by atoms with van der Waals surface area (Å²) in [4.78, 5) is 25.9. The number of carbonyl (C=O) groups is 1. The molecule has 192 valence electrons. The molecule has 0 unspecified atom stereocenters. The molecule has 5 rings (SSSR count). The number of anilines is 4. The van der Waals surface area contributed by atoms with Crippen LogP contribution in [0.4, 0.5) is 23.1 Å². The monoisotopic (exact) mass is 511 g/mol. The maximum atomic E-state index is 12.7. The standard InChI is InChI=1S/C26H25N9O3/c1-4-38-25(36)20-14-27-26(30-17-13-29-35(15-17)18-9-6-5-7-10-18)32-24(20)31-21-12-8-11-19(22(21)37-3)23-28-16-34(2)33-23/h5-16H,4H2,1-3H3,(H2,27,30,31,32). The molecule has 0 aliphatic heterocycles. The van der Waals surface area contributed by atoms with Crippen molar-refractivity contribution in [1.82, 2.24) is 34.5 Å². The molecule has 0 radical (unpaired) electrons. The number of ether oxygens (including phenoxy) is 2. The van der Waals surface area contributed by atoms with Crippen LogP contribution in [0.5, 0.6) is 5.75 Å². The minimum Gasteiger partial charge on any atom is -0.494 e. The van der Waals surface area contributed by atoms with Crippen LogP contribution in [0.2, 0.25) is 0 Å². The quantitative estimate of drug-likeness (QED) is 0.278. The van der Waals surface area contributed by atoms with Crippen molar-refractivity contribution in [3.63, 3.8) is 0 Å². The number of benzene rings is 2. The lowest BCUT2D eigenvalue weighted by atomic mass is 10.1. The van der Waals surface area contributed by atoms with Crippen LogP contribution in [-0.4, -0.2) is 54.2 Å². The molecule has 12 nitrogen and oxygen atoms in total. The first-order valence-corrected chi connectivity index (χ1v) is 11.8. The smallest absolute Gasteiger partial charge is 0.343 e. The van der Waals surface area contributed by atoms with Crippen molar-refractivity contribution in [1.29, 1.82) is 0 Å². The lowest BCUT2D eigenvalue weighted by Crippen LogP contribution is -2.12. The maximum absolute atomic E-state index is 12.7. The Kier molecular flexibility index (Phi) is 6.93. The van der Waals surface area contributed by atoms with E-state index in [1.807, 2.05) is 48.7 Å². The van der Waals surface area contributed by atoms with Gasteiger partial charge < -0.3 is 20.1 Å². The Morgan fingerprint density at radius 1 is 1.03 bits per heavy atom. The SMILES string of the molecule is CCOC(=O)c1cnc(Nc2cnn(-c3ccccc3)c2)nc1Nc1cccc(-c2ncn(C)n2)c1OC. The van der Waals surface area contributed by atoms with Crippen LogP contribution >= 0.6 is 0 Å². The molecule has 3 heterocycles. The second-order valence-electron chi connectivity index (χ2n) is 8.06. The number of esters is 1. The summed E-state index contributed by atoms with van der Waals surface area (Å²) in [6, 6.07) is 15.2. The van der Waals surface area contributed by atoms with Gasteiger partial charge in [-0.1, -0.05) is 24.3 Å². The fraction of sp³-hybridized carbons (Fsp3) is 0.154. The number of nitrogens with zero attached hydrogens (tertiary/aromatic N) is 7. The molecular formula is C26H25N9O3. The van der Waals surface area contributed by atoms with Crippen molar-refractivity contribution >= 4 is 29.1 Å². The zero-order valence-corrected chi connectivity index (χ0v) is 21.0. The zero-order valence-electron chi connectivity index (χ0n) is 21.0. The lowest BCUT2D eigenvalue weighted by molar-refractivity contribution is 0.0526. The Morgan fingerprint density at radius 3 is 2.61 bits per heavy atom. The molecule has 2 N–H and O–H groups in total. The van der Waals surface area contributed by atoms with Crippen molar-refractivity contribution in [3.8, 4) is 22.8 Å². The lowest BCUT2D eigenvalue weighted by Gasteiger charge is -2.16. The average molecular weight is 512 g/mol. The number of nitrogens with one attached hydrogen (secondary N) is 2. The Morgan fingerprint density at radius 2 is 1.87 bits per heavy atom. The van der Waals surface area contributed by atoms with E-state index < -0.39 is 5.97 Å². The Hall–Kier alpha value is -5.26. The van der Waals surface area contributed by atoms with Gasteiger partial charge >= 0.3 is 5.97 Å². The molecule has 0 bridgehead atoms. The van der Waals surface area contributed by atoms with Crippen LogP contribution in [0.25, 0.3) is 17.1 Å². The van der Waals surface area contributed by atoms with Crippen LogP contribution in [0, 0.1) is 0 Å². The highest BCUT2D eigenvalue weighted by atomic mass is 16.5. The van der Waals surface area contributed by atoms with Gasteiger partial charge in [0.05, 0.1) is 48.7 Å². The Balaban J connectivity index is 1.48. The molecule has 5 aromatic rings. The van der Waals surface area contributed by atoms with Gasteiger partial charge in [-0.25, -0.2) is 19.4 Å². The predicted molar refractivity (Wildman–Crippen MR) is 141 cm³/mol.